The fourth-order valence-corrected chi connectivity index (χ4v) is 11.0. The molecule has 0 unspecified atom stereocenters. The first-order valence-electron chi connectivity index (χ1n) is 20.2. The van der Waals surface area contributed by atoms with Gasteiger partial charge in [-0.25, -0.2) is 0 Å². The second kappa shape index (κ2) is 17.9. The number of allylic oxidation sites excluding steroid dienone is 3. The van der Waals surface area contributed by atoms with Crippen molar-refractivity contribution >= 4 is 5.97 Å². The average Bonchev–Trinajstić information content (AvgIpc) is 3.37. The first-order valence-corrected chi connectivity index (χ1v) is 20.2. The van der Waals surface area contributed by atoms with Crippen molar-refractivity contribution in [1.82, 2.24) is 0 Å². The molecule has 0 aromatic carbocycles. The lowest BCUT2D eigenvalue weighted by Gasteiger charge is -2.58. The molecule has 4 aliphatic carbocycles. The maximum atomic E-state index is 12.8. The highest BCUT2D eigenvalue weighted by Crippen LogP contribution is 2.67. The smallest absolute Gasteiger partial charge is 0.306 e. The highest BCUT2D eigenvalue weighted by atomic mass is 16.5. The minimum Gasteiger partial charge on any atom is -0.462 e. The van der Waals surface area contributed by atoms with Gasteiger partial charge in [0.2, 0.25) is 0 Å². The average molecular weight is 623 g/mol. The Balaban J connectivity index is 1.16. The van der Waals surface area contributed by atoms with Gasteiger partial charge in [0.05, 0.1) is 0 Å². The number of rotatable bonds is 19. The van der Waals surface area contributed by atoms with Gasteiger partial charge in [0.15, 0.2) is 0 Å². The molecule has 0 radical (unpaired) electrons. The first-order chi connectivity index (χ1) is 21.7. The highest BCUT2D eigenvalue weighted by Gasteiger charge is 2.59. The monoisotopic (exact) mass is 623 g/mol. The van der Waals surface area contributed by atoms with E-state index in [4.69, 9.17) is 4.74 Å². The van der Waals surface area contributed by atoms with Crippen LogP contribution in [-0.4, -0.2) is 12.1 Å². The van der Waals surface area contributed by atoms with Gasteiger partial charge in [0.25, 0.3) is 0 Å². The summed E-state index contributed by atoms with van der Waals surface area (Å²) in [6, 6.07) is 0. The molecular weight excluding hydrogens is 548 g/mol. The molecule has 0 N–H and O–H groups in total. The molecule has 2 nitrogen and oxygen atoms in total. The van der Waals surface area contributed by atoms with Gasteiger partial charge in [-0.3, -0.25) is 4.79 Å². The van der Waals surface area contributed by atoms with E-state index in [1.807, 2.05) is 0 Å². The van der Waals surface area contributed by atoms with E-state index in [-0.39, 0.29) is 12.1 Å². The Morgan fingerprint density at radius 3 is 2.29 bits per heavy atom. The molecule has 8 atom stereocenters. The third kappa shape index (κ3) is 9.75. The molecule has 4 aliphatic rings. The van der Waals surface area contributed by atoms with Crippen molar-refractivity contribution in [3.63, 3.8) is 0 Å². The van der Waals surface area contributed by atoms with Gasteiger partial charge in [-0.2, -0.15) is 0 Å². The molecule has 258 valence electrons. The number of carbonyl (C=O) groups is 1. The van der Waals surface area contributed by atoms with Gasteiger partial charge in [-0.1, -0.05) is 123 Å². The van der Waals surface area contributed by atoms with Crippen LogP contribution in [-0.2, 0) is 9.53 Å². The molecule has 0 saturated heterocycles. The third-order valence-electron chi connectivity index (χ3n) is 13.7. The number of unbranched alkanes of at least 4 members (excludes halogenated alkanes) is 9. The van der Waals surface area contributed by atoms with Crippen LogP contribution in [0.5, 0.6) is 0 Å². The summed E-state index contributed by atoms with van der Waals surface area (Å²) in [6.45, 7) is 14.9. The Morgan fingerprint density at radius 1 is 0.844 bits per heavy atom. The van der Waals surface area contributed by atoms with E-state index in [1.54, 1.807) is 5.57 Å². The predicted molar refractivity (Wildman–Crippen MR) is 193 cm³/mol. The Morgan fingerprint density at radius 2 is 1.56 bits per heavy atom. The molecule has 45 heavy (non-hydrogen) atoms. The number of hydrogen-bond donors (Lipinski definition) is 0. The standard InChI is InChI=1S/C43H74O2/c1-7-8-9-10-11-12-13-14-15-16-17-18-19-23-41(44)45-36-28-30-42(5)35(32-36)24-25-37-39-27-26-38(34(4)22-20-21-33(2)3)43(39,6)31-29-40(37)42/h14-15,24,33-34,36-40H,7-13,16-23,25-32H2,1-6H3/b15-14+/t34-,36+,37+,38-,39+,40+,42+,43-/m1/s1. The topological polar surface area (TPSA) is 26.3 Å². The minimum absolute atomic E-state index is 0.0458. The fourth-order valence-electron chi connectivity index (χ4n) is 11.0. The number of ether oxygens (including phenoxy) is 1. The van der Waals surface area contributed by atoms with Crippen LogP contribution < -0.4 is 0 Å². The lowest BCUT2D eigenvalue weighted by molar-refractivity contribution is -0.151. The molecule has 0 bridgehead atoms. The van der Waals surface area contributed by atoms with Crippen molar-refractivity contribution in [1.29, 1.82) is 0 Å². The molecular formula is C43H74O2. The molecule has 0 heterocycles. The zero-order valence-electron chi connectivity index (χ0n) is 30.9. The summed E-state index contributed by atoms with van der Waals surface area (Å²) in [7, 11) is 0. The zero-order valence-corrected chi connectivity index (χ0v) is 30.9. The van der Waals surface area contributed by atoms with Gasteiger partial charge in [-0.05, 0) is 123 Å². The molecule has 3 saturated carbocycles. The van der Waals surface area contributed by atoms with E-state index < -0.39 is 0 Å². The summed E-state index contributed by atoms with van der Waals surface area (Å²) in [5.41, 5.74) is 2.52. The summed E-state index contributed by atoms with van der Waals surface area (Å²) in [6.07, 6.45) is 36.5. The van der Waals surface area contributed by atoms with E-state index >= 15 is 0 Å². The second-order valence-corrected chi connectivity index (χ2v) is 17.3. The molecule has 2 heteroatoms. The van der Waals surface area contributed by atoms with Crippen molar-refractivity contribution in [3.05, 3.63) is 23.8 Å². The molecule has 0 aromatic heterocycles. The van der Waals surface area contributed by atoms with Gasteiger partial charge in [0, 0.05) is 12.8 Å². The molecule has 0 spiro atoms. The summed E-state index contributed by atoms with van der Waals surface area (Å²) >= 11 is 0. The second-order valence-electron chi connectivity index (χ2n) is 17.3. The van der Waals surface area contributed by atoms with Crippen molar-refractivity contribution < 1.29 is 9.53 Å². The SMILES string of the molecule is CCCCCCCC/C=C/CCCCCC(=O)O[C@H]1CC[C@@]2(C)C(=CC[C@H]3[C@@H]4CC[C@H]([C@H](C)CCCC(C)C)[C@@]4(C)CC[C@@H]32)C1. The van der Waals surface area contributed by atoms with Crippen LogP contribution in [0.2, 0.25) is 0 Å². The fraction of sp³-hybridized carbons (Fsp3) is 0.884. The van der Waals surface area contributed by atoms with E-state index in [2.05, 4.69) is 59.8 Å². The Bertz CT molecular complexity index is 945. The Hall–Kier alpha value is -1.05. The summed E-state index contributed by atoms with van der Waals surface area (Å²) in [4.78, 5) is 12.8. The van der Waals surface area contributed by atoms with E-state index in [9.17, 15) is 4.79 Å². The molecule has 3 fully saturated rings. The maximum absolute atomic E-state index is 12.8. The Labute approximate surface area is 280 Å². The number of carbonyl (C=O) groups excluding carboxylic acids is 1. The summed E-state index contributed by atoms with van der Waals surface area (Å²) in [5.74, 6) is 5.30. The van der Waals surface area contributed by atoms with Crippen LogP contribution in [0.25, 0.3) is 0 Å². The molecule has 4 rings (SSSR count). The van der Waals surface area contributed by atoms with Crippen LogP contribution in [0, 0.1) is 46.3 Å². The van der Waals surface area contributed by atoms with Crippen LogP contribution in [0.4, 0.5) is 0 Å². The van der Waals surface area contributed by atoms with Gasteiger partial charge in [-0.15, -0.1) is 0 Å². The normalized spacial score (nSPS) is 33.5. The van der Waals surface area contributed by atoms with E-state index in [0.29, 0.717) is 17.3 Å². The van der Waals surface area contributed by atoms with Gasteiger partial charge >= 0.3 is 5.97 Å². The molecule has 0 aromatic rings. The lowest BCUT2D eigenvalue weighted by Crippen LogP contribution is -2.51. The van der Waals surface area contributed by atoms with Gasteiger partial charge in [0.1, 0.15) is 6.10 Å². The van der Waals surface area contributed by atoms with Crippen molar-refractivity contribution in [2.24, 2.45) is 46.3 Å². The van der Waals surface area contributed by atoms with Crippen molar-refractivity contribution in [3.8, 4) is 0 Å². The largest absolute Gasteiger partial charge is 0.462 e. The van der Waals surface area contributed by atoms with E-state index in [1.165, 1.54) is 109 Å². The van der Waals surface area contributed by atoms with Crippen LogP contribution in [0.15, 0.2) is 23.8 Å². The number of fused-ring (bicyclic) bond motifs is 5. The van der Waals surface area contributed by atoms with Crippen molar-refractivity contribution in [2.75, 3.05) is 0 Å². The number of esters is 1. The maximum Gasteiger partial charge on any atom is 0.306 e. The lowest BCUT2D eigenvalue weighted by atomic mass is 9.47. The predicted octanol–water partition coefficient (Wildman–Crippen LogP) is 13.2. The van der Waals surface area contributed by atoms with Crippen LogP contribution >= 0.6 is 0 Å². The first kappa shape index (κ1) is 36.8. The minimum atomic E-state index is 0.0458. The van der Waals surface area contributed by atoms with Crippen LogP contribution in [0.3, 0.4) is 0 Å². The van der Waals surface area contributed by atoms with Crippen molar-refractivity contribution in [2.45, 2.75) is 195 Å². The molecule has 0 amide bonds. The third-order valence-corrected chi connectivity index (χ3v) is 13.7. The van der Waals surface area contributed by atoms with E-state index in [0.717, 1.165) is 67.6 Å². The highest BCUT2D eigenvalue weighted by molar-refractivity contribution is 5.69. The Kier molecular flexibility index (Phi) is 14.6. The summed E-state index contributed by atoms with van der Waals surface area (Å²) < 4.78 is 6.11. The van der Waals surface area contributed by atoms with Crippen LogP contribution in [0.1, 0.15) is 189 Å². The summed E-state index contributed by atoms with van der Waals surface area (Å²) in [5, 5.41) is 0. The van der Waals surface area contributed by atoms with Gasteiger partial charge < -0.3 is 4.74 Å². The number of hydrogen-bond acceptors (Lipinski definition) is 2. The zero-order chi connectivity index (χ0) is 32.3. The molecule has 0 aliphatic heterocycles. The quantitative estimate of drug-likeness (QED) is 0.0814.